The van der Waals surface area contributed by atoms with Crippen molar-refractivity contribution in [1.29, 1.82) is 0 Å². The maximum absolute atomic E-state index is 13.3. The van der Waals surface area contributed by atoms with Crippen LogP contribution in [0.25, 0.3) is 0 Å². The first kappa shape index (κ1) is 23.0. The Morgan fingerprint density at radius 1 is 1.12 bits per heavy atom. The summed E-state index contributed by atoms with van der Waals surface area (Å²) < 4.78 is 6.82. The van der Waals surface area contributed by atoms with Gasteiger partial charge in [0.05, 0.1) is 11.9 Å². The van der Waals surface area contributed by atoms with Crippen molar-refractivity contribution in [2.24, 2.45) is 5.92 Å². The van der Waals surface area contributed by atoms with E-state index in [0.29, 0.717) is 17.8 Å². The molecule has 0 aromatic carbocycles. The number of aromatic nitrogens is 1. The number of pyridine rings is 1. The molecule has 4 heterocycles. The fourth-order valence-electron chi connectivity index (χ4n) is 5.80. The highest BCUT2D eigenvalue weighted by atomic mass is 16.5. The Morgan fingerprint density at radius 3 is 2.53 bits per heavy atom. The van der Waals surface area contributed by atoms with Gasteiger partial charge in [0.1, 0.15) is 17.2 Å². The van der Waals surface area contributed by atoms with E-state index >= 15 is 0 Å². The molecule has 1 N–H and O–H groups in total. The van der Waals surface area contributed by atoms with Gasteiger partial charge in [-0.05, 0) is 51.9 Å². The molecule has 0 unspecified atom stereocenters. The Kier molecular flexibility index (Phi) is 6.38. The highest BCUT2D eigenvalue weighted by molar-refractivity contribution is 5.62. The van der Waals surface area contributed by atoms with Crippen LogP contribution in [0.2, 0.25) is 0 Å². The lowest BCUT2D eigenvalue weighted by molar-refractivity contribution is -0.497. The topological polar surface area (TPSA) is 67.2 Å². The molecule has 9 heteroatoms. The van der Waals surface area contributed by atoms with Crippen LogP contribution in [0.5, 0.6) is 5.88 Å². The van der Waals surface area contributed by atoms with E-state index in [9.17, 15) is 4.91 Å². The minimum atomic E-state index is 0.218. The zero-order chi connectivity index (χ0) is 23.8. The third-order valence-electron chi connectivity index (χ3n) is 7.82. The molecule has 2 fully saturated rings. The summed E-state index contributed by atoms with van der Waals surface area (Å²) in [5.41, 5.74) is 7.07. The van der Waals surface area contributed by atoms with Crippen LogP contribution in [0.1, 0.15) is 44.9 Å². The zero-order valence-corrected chi connectivity index (χ0v) is 21.0. The molecule has 1 aromatic rings. The molecule has 0 amide bonds. The number of anilines is 2. The van der Waals surface area contributed by atoms with Crippen LogP contribution in [-0.2, 0) is 0 Å². The van der Waals surface area contributed by atoms with Crippen LogP contribution in [0.3, 0.4) is 0 Å². The third kappa shape index (κ3) is 4.21. The molecular formula is C25H38N7O2+. The fourth-order valence-corrected chi connectivity index (χ4v) is 5.80. The highest BCUT2D eigenvalue weighted by Crippen LogP contribution is 2.39. The number of likely N-dealkylation sites (N-methyl/N-ethyl adjacent to an activating group) is 1. The first-order valence-corrected chi connectivity index (χ1v) is 12.6. The highest BCUT2D eigenvalue weighted by Gasteiger charge is 2.44. The molecule has 1 saturated heterocycles. The Bertz CT molecular complexity index is 991. The number of piperidine rings is 1. The number of allylic oxidation sites excluding steroid dienone is 1. The summed E-state index contributed by atoms with van der Waals surface area (Å²) >= 11 is 0. The van der Waals surface area contributed by atoms with E-state index in [4.69, 9.17) is 9.72 Å². The number of ether oxygens (including phenoxy) is 1. The molecule has 1 aromatic heterocycles. The number of nitrogens with one attached hydrogen (secondary N) is 1. The Balaban J connectivity index is 1.39. The van der Waals surface area contributed by atoms with E-state index < -0.39 is 0 Å². The Labute approximate surface area is 202 Å². The van der Waals surface area contributed by atoms with Gasteiger partial charge >= 0.3 is 5.70 Å². The summed E-state index contributed by atoms with van der Waals surface area (Å²) in [6.45, 7) is 2.18. The lowest BCUT2D eigenvalue weighted by Gasteiger charge is -2.36. The minimum Gasteiger partial charge on any atom is -0.479 e. The molecule has 1 saturated carbocycles. The molecule has 34 heavy (non-hydrogen) atoms. The molecule has 0 spiro atoms. The summed E-state index contributed by atoms with van der Waals surface area (Å²) in [5.74, 6) is 1.92. The lowest BCUT2D eigenvalue weighted by Crippen LogP contribution is -2.42. The number of hydrogen-bond donors (Lipinski definition) is 1. The van der Waals surface area contributed by atoms with E-state index in [0.717, 1.165) is 72.1 Å². The molecule has 0 radical (unpaired) electrons. The van der Waals surface area contributed by atoms with Crippen LogP contribution >= 0.6 is 0 Å². The molecule has 9 nitrogen and oxygen atoms in total. The van der Waals surface area contributed by atoms with Crippen LogP contribution in [0, 0.1) is 10.8 Å². The van der Waals surface area contributed by atoms with Crippen molar-refractivity contribution in [1.82, 2.24) is 20.3 Å². The third-order valence-corrected chi connectivity index (χ3v) is 7.82. The van der Waals surface area contributed by atoms with Gasteiger partial charge in [-0.15, -0.1) is 0 Å². The van der Waals surface area contributed by atoms with Gasteiger partial charge in [-0.25, -0.2) is 0 Å². The lowest BCUT2D eigenvalue weighted by atomic mass is 9.86. The number of fused-ring (bicyclic) bond motifs is 1. The number of nitroso groups, excluding NO2 is 1. The molecular weight excluding hydrogens is 430 g/mol. The monoisotopic (exact) mass is 468 g/mol. The van der Waals surface area contributed by atoms with E-state index in [-0.39, 0.29) is 6.67 Å². The van der Waals surface area contributed by atoms with Crippen molar-refractivity contribution in [3.63, 3.8) is 0 Å². The van der Waals surface area contributed by atoms with E-state index in [1.807, 2.05) is 29.2 Å². The standard InChI is InChI=1S/C25H38N7O2/c1-28(2)19-12-14-30(15-13-19)22-11-10-20(25(26-22)34-4)31-16-21-24(32(33)17-31)23(27-29(21)3)18-8-6-5-7-9-18/h10-11,16,18-19,27H,5-9,12-15,17H2,1-4H3/q+1. The summed E-state index contributed by atoms with van der Waals surface area (Å²) in [5, 5.41) is 1.97. The molecule has 3 aliphatic heterocycles. The fraction of sp³-hybridized carbons (Fsp3) is 0.640. The minimum absolute atomic E-state index is 0.218. The van der Waals surface area contributed by atoms with Crippen molar-refractivity contribution in [2.75, 3.05) is 57.8 Å². The van der Waals surface area contributed by atoms with E-state index in [1.165, 1.54) is 19.3 Å². The summed E-state index contributed by atoms with van der Waals surface area (Å²) in [4.78, 5) is 24.7. The van der Waals surface area contributed by atoms with Crippen LogP contribution in [-0.4, -0.2) is 73.7 Å². The molecule has 5 rings (SSSR count). The molecule has 184 valence electrons. The molecule has 0 bridgehead atoms. The molecule has 0 atom stereocenters. The second-order valence-corrected chi connectivity index (χ2v) is 10.2. The predicted molar refractivity (Wildman–Crippen MR) is 133 cm³/mol. The smallest absolute Gasteiger partial charge is 0.305 e. The number of methoxy groups -OCH3 is 1. The van der Waals surface area contributed by atoms with Crippen molar-refractivity contribution in [3.05, 3.63) is 40.3 Å². The normalized spacial score (nSPS) is 22.3. The van der Waals surface area contributed by atoms with Gasteiger partial charge in [-0.1, -0.05) is 19.3 Å². The quantitative estimate of drug-likeness (QED) is 0.661. The number of hydrazine groups is 1. The average molecular weight is 469 g/mol. The summed E-state index contributed by atoms with van der Waals surface area (Å²) in [6.07, 6.45) is 10.4. The number of hydrogen-bond acceptors (Lipinski definition) is 8. The Hall–Kier alpha value is -2.81. The van der Waals surface area contributed by atoms with Gasteiger partial charge in [-0.2, -0.15) is 4.98 Å². The second kappa shape index (κ2) is 9.44. The predicted octanol–water partition coefficient (Wildman–Crippen LogP) is 3.26. The van der Waals surface area contributed by atoms with Gasteiger partial charge < -0.3 is 14.5 Å². The Morgan fingerprint density at radius 2 is 1.85 bits per heavy atom. The van der Waals surface area contributed by atoms with Crippen molar-refractivity contribution in [3.8, 4) is 5.88 Å². The van der Waals surface area contributed by atoms with Crippen molar-refractivity contribution in [2.45, 2.75) is 51.0 Å². The van der Waals surface area contributed by atoms with Gasteiger partial charge in [-0.3, -0.25) is 15.3 Å². The second-order valence-electron chi connectivity index (χ2n) is 10.2. The largest absolute Gasteiger partial charge is 0.479 e. The van der Waals surface area contributed by atoms with Crippen LogP contribution < -0.4 is 20.0 Å². The zero-order valence-electron chi connectivity index (χ0n) is 21.0. The summed E-state index contributed by atoms with van der Waals surface area (Å²) in [7, 11) is 7.93. The van der Waals surface area contributed by atoms with Gasteiger partial charge in [0.2, 0.25) is 5.88 Å². The van der Waals surface area contributed by atoms with Gasteiger partial charge in [0.25, 0.3) is 6.67 Å². The average Bonchev–Trinajstić information content (AvgIpc) is 3.21. The first-order valence-electron chi connectivity index (χ1n) is 12.6. The van der Waals surface area contributed by atoms with Crippen LogP contribution in [0.15, 0.2) is 35.4 Å². The molecule has 4 aliphatic rings. The van der Waals surface area contributed by atoms with Crippen molar-refractivity contribution >= 4 is 11.5 Å². The maximum Gasteiger partial charge on any atom is 0.305 e. The van der Waals surface area contributed by atoms with E-state index in [1.54, 1.807) is 7.11 Å². The first-order chi connectivity index (χ1) is 16.5. The van der Waals surface area contributed by atoms with Gasteiger partial charge in [0, 0.05) is 43.2 Å². The number of nitrogens with zero attached hydrogens (tertiary/aromatic N) is 6. The van der Waals surface area contributed by atoms with Gasteiger partial charge in [0.15, 0.2) is 5.70 Å². The van der Waals surface area contributed by atoms with Crippen LogP contribution in [0.4, 0.5) is 11.5 Å². The maximum atomic E-state index is 13.3. The molecule has 1 aliphatic carbocycles. The van der Waals surface area contributed by atoms with Crippen molar-refractivity contribution < 1.29 is 9.50 Å². The summed E-state index contributed by atoms with van der Waals surface area (Å²) in [6, 6.07) is 4.71. The van der Waals surface area contributed by atoms with E-state index in [2.05, 4.69) is 35.4 Å². The SMILES string of the molecule is COc1nc(N2CCC(N(C)C)CC2)ccc1N1C=C2C(=C(C3CCCCC3)NN2C)[N+](=O)C1. The number of rotatable bonds is 5.